The number of hydrogen-bond acceptors (Lipinski definition) is 3. The Labute approximate surface area is 161 Å². The molecule has 27 heavy (non-hydrogen) atoms. The van der Waals surface area contributed by atoms with Crippen molar-refractivity contribution >= 4 is 17.5 Å². The van der Waals surface area contributed by atoms with Crippen molar-refractivity contribution in [2.75, 3.05) is 18.5 Å². The van der Waals surface area contributed by atoms with Crippen LogP contribution >= 0.6 is 0 Å². The number of carbonyl (C=O) groups is 2. The lowest BCUT2D eigenvalue weighted by Gasteiger charge is -2.15. The predicted molar refractivity (Wildman–Crippen MR) is 108 cm³/mol. The Morgan fingerprint density at radius 3 is 2.33 bits per heavy atom. The summed E-state index contributed by atoms with van der Waals surface area (Å²) in [6.45, 7) is 10.3. The van der Waals surface area contributed by atoms with Gasteiger partial charge in [-0.3, -0.25) is 9.59 Å². The number of benzene rings is 2. The normalized spacial score (nSPS) is 10.6. The summed E-state index contributed by atoms with van der Waals surface area (Å²) in [7, 11) is 0. The van der Waals surface area contributed by atoms with Gasteiger partial charge in [0.25, 0.3) is 11.8 Å². The van der Waals surface area contributed by atoms with Crippen LogP contribution in [0.1, 0.15) is 40.9 Å². The van der Waals surface area contributed by atoms with Gasteiger partial charge < -0.3 is 15.4 Å². The zero-order valence-electron chi connectivity index (χ0n) is 16.7. The lowest BCUT2D eigenvalue weighted by Crippen LogP contribution is -2.28. The van der Waals surface area contributed by atoms with E-state index in [1.165, 1.54) is 0 Å². The Balaban J connectivity index is 2.06. The first-order valence-corrected chi connectivity index (χ1v) is 9.15. The van der Waals surface area contributed by atoms with E-state index in [1.54, 1.807) is 12.1 Å². The minimum Gasteiger partial charge on any atom is -0.483 e. The summed E-state index contributed by atoms with van der Waals surface area (Å²) in [4.78, 5) is 24.8. The van der Waals surface area contributed by atoms with E-state index >= 15 is 0 Å². The van der Waals surface area contributed by atoms with Crippen LogP contribution in [0, 0.1) is 26.7 Å². The number of rotatable bonds is 7. The minimum atomic E-state index is -0.262. The average molecular weight is 368 g/mol. The Bertz CT molecular complexity index is 808. The molecule has 5 heteroatoms. The fraction of sp³-hybridized carbons (Fsp3) is 0.364. The molecule has 0 aromatic heterocycles. The summed E-state index contributed by atoms with van der Waals surface area (Å²) in [5.41, 5.74) is 4.18. The smallest absolute Gasteiger partial charge is 0.262 e. The molecule has 0 saturated heterocycles. The van der Waals surface area contributed by atoms with Gasteiger partial charge in [0.05, 0.1) is 5.56 Å². The van der Waals surface area contributed by atoms with Gasteiger partial charge >= 0.3 is 0 Å². The molecule has 0 radical (unpaired) electrons. The molecule has 0 spiro atoms. The topological polar surface area (TPSA) is 67.4 Å². The SMILES string of the molecule is Cc1ccc(OCC(=O)Nc2c(C)cccc2C)c(C(=O)NCC(C)C)c1. The van der Waals surface area contributed by atoms with E-state index in [-0.39, 0.29) is 18.4 Å². The van der Waals surface area contributed by atoms with Gasteiger partial charge in [-0.2, -0.15) is 0 Å². The largest absolute Gasteiger partial charge is 0.483 e. The minimum absolute atomic E-state index is 0.165. The Morgan fingerprint density at radius 1 is 1.04 bits per heavy atom. The van der Waals surface area contributed by atoms with Gasteiger partial charge in [0, 0.05) is 12.2 Å². The number of aryl methyl sites for hydroxylation is 3. The highest BCUT2D eigenvalue weighted by atomic mass is 16.5. The van der Waals surface area contributed by atoms with Gasteiger partial charge in [0.2, 0.25) is 0 Å². The molecule has 2 aromatic rings. The van der Waals surface area contributed by atoms with Crippen LogP contribution < -0.4 is 15.4 Å². The first kappa shape index (κ1) is 20.5. The average Bonchev–Trinajstić information content (AvgIpc) is 2.61. The van der Waals surface area contributed by atoms with E-state index in [0.717, 1.165) is 22.4 Å². The molecule has 2 amide bonds. The highest BCUT2D eigenvalue weighted by Crippen LogP contribution is 2.22. The number of anilines is 1. The summed E-state index contributed by atoms with van der Waals surface area (Å²) in [5.74, 6) is 0.295. The standard InChI is InChI=1S/C22H28N2O3/c1-14(2)12-23-22(26)18-11-15(3)9-10-19(18)27-13-20(25)24-21-16(4)7-6-8-17(21)5/h6-11,14H,12-13H2,1-5H3,(H,23,26)(H,24,25). The van der Waals surface area contributed by atoms with Crippen LogP contribution in [0.3, 0.4) is 0 Å². The van der Waals surface area contributed by atoms with Crippen LogP contribution in [0.25, 0.3) is 0 Å². The third-order valence-electron chi connectivity index (χ3n) is 4.15. The van der Waals surface area contributed by atoms with Crippen molar-refractivity contribution in [2.45, 2.75) is 34.6 Å². The predicted octanol–water partition coefficient (Wildman–Crippen LogP) is 4.02. The summed E-state index contributed by atoms with van der Waals surface area (Å²) in [6.07, 6.45) is 0. The third-order valence-corrected chi connectivity index (χ3v) is 4.15. The summed E-state index contributed by atoms with van der Waals surface area (Å²) < 4.78 is 5.66. The monoisotopic (exact) mass is 368 g/mol. The van der Waals surface area contributed by atoms with Crippen LogP contribution in [-0.4, -0.2) is 25.0 Å². The molecule has 0 heterocycles. The fourth-order valence-electron chi connectivity index (χ4n) is 2.67. The van der Waals surface area contributed by atoms with Crippen LogP contribution in [0.4, 0.5) is 5.69 Å². The molecule has 0 aliphatic heterocycles. The second kappa shape index (κ2) is 9.21. The Hall–Kier alpha value is -2.82. The zero-order chi connectivity index (χ0) is 20.0. The number of hydrogen-bond donors (Lipinski definition) is 2. The molecule has 0 aliphatic rings. The van der Waals surface area contributed by atoms with Gasteiger partial charge in [-0.1, -0.05) is 43.7 Å². The van der Waals surface area contributed by atoms with Crippen molar-refractivity contribution in [2.24, 2.45) is 5.92 Å². The van der Waals surface area contributed by atoms with Crippen LogP contribution in [0.15, 0.2) is 36.4 Å². The third kappa shape index (κ3) is 5.84. The lowest BCUT2D eigenvalue weighted by molar-refractivity contribution is -0.118. The second-order valence-corrected chi connectivity index (χ2v) is 7.21. The van der Waals surface area contributed by atoms with E-state index in [9.17, 15) is 9.59 Å². The molecular formula is C22H28N2O3. The van der Waals surface area contributed by atoms with Crippen LogP contribution in [0.2, 0.25) is 0 Å². The maximum Gasteiger partial charge on any atom is 0.262 e. The van der Waals surface area contributed by atoms with Crippen LogP contribution in [-0.2, 0) is 4.79 Å². The first-order chi connectivity index (χ1) is 12.8. The Kier molecular flexibility index (Phi) is 6.99. The van der Waals surface area contributed by atoms with Crippen molar-refractivity contribution in [3.63, 3.8) is 0 Å². The Morgan fingerprint density at radius 2 is 1.70 bits per heavy atom. The molecule has 5 nitrogen and oxygen atoms in total. The van der Waals surface area contributed by atoms with Crippen molar-refractivity contribution in [3.8, 4) is 5.75 Å². The molecule has 0 unspecified atom stereocenters. The van der Waals surface area contributed by atoms with E-state index in [4.69, 9.17) is 4.74 Å². The molecule has 0 aliphatic carbocycles. The molecule has 2 rings (SSSR count). The highest BCUT2D eigenvalue weighted by molar-refractivity contribution is 5.97. The van der Waals surface area contributed by atoms with Gasteiger partial charge in [0.1, 0.15) is 5.75 Å². The quantitative estimate of drug-likeness (QED) is 0.776. The van der Waals surface area contributed by atoms with Gasteiger partial charge in [-0.15, -0.1) is 0 Å². The molecule has 2 aromatic carbocycles. The number of nitrogens with one attached hydrogen (secondary N) is 2. The maximum absolute atomic E-state index is 12.5. The highest BCUT2D eigenvalue weighted by Gasteiger charge is 2.15. The van der Waals surface area contributed by atoms with E-state index in [1.807, 2.05) is 58.9 Å². The molecule has 2 N–H and O–H groups in total. The molecular weight excluding hydrogens is 340 g/mol. The van der Waals surface area contributed by atoms with Crippen molar-refractivity contribution < 1.29 is 14.3 Å². The number of ether oxygens (including phenoxy) is 1. The molecule has 0 atom stereocenters. The summed E-state index contributed by atoms with van der Waals surface area (Å²) in [6, 6.07) is 11.2. The summed E-state index contributed by atoms with van der Waals surface area (Å²) >= 11 is 0. The number of amides is 2. The molecule has 0 fully saturated rings. The number of para-hydroxylation sites is 1. The zero-order valence-corrected chi connectivity index (χ0v) is 16.7. The van der Waals surface area contributed by atoms with Crippen LogP contribution in [0.5, 0.6) is 5.75 Å². The first-order valence-electron chi connectivity index (χ1n) is 9.15. The number of carbonyl (C=O) groups excluding carboxylic acids is 2. The van der Waals surface area contributed by atoms with E-state index < -0.39 is 0 Å². The summed E-state index contributed by atoms with van der Waals surface area (Å²) in [5, 5.41) is 5.77. The van der Waals surface area contributed by atoms with Crippen molar-refractivity contribution in [3.05, 3.63) is 58.7 Å². The molecule has 144 valence electrons. The van der Waals surface area contributed by atoms with Gasteiger partial charge in [0.15, 0.2) is 6.61 Å². The lowest BCUT2D eigenvalue weighted by atomic mass is 10.1. The van der Waals surface area contributed by atoms with Crippen molar-refractivity contribution in [1.82, 2.24) is 5.32 Å². The second-order valence-electron chi connectivity index (χ2n) is 7.21. The maximum atomic E-state index is 12.5. The van der Waals surface area contributed by atoms with Gasteiger partial charge in [-0.05, 0) is 49.9 Å². The van der Waals surface area contributed by atoms with E-state index in [0.29, 0.717) is 23.8 Å². The van der Waals surface area contributed by atoms with E-state index in [2.05, 4.69) is 10.6 Å². The molecule has 0 saturated carbocycles. The fourth-order valence-corrected chi connectivity index (χ4v) is 2.67. The van der Waals surface area contributed by atoms with Crippen molar-refractivity contribution in [1.29, 1.82) is 0 Å². The van der Waals surface area contributed by atoms with Gasteiger partial charge in [-0.25, -0.2) is 0 Å². The molecule has 0 bridgehead atoms.